The van der Waals surface area contributed by atoms with E-state index in [4.69, 9.17) is 9.47 Å². The lowest BCUT2D eigenvalue weighted by Gasteiger charge is -2.35. The Balaban J connectivity index is 1.18. The topological polar surface area (TPSA) is 117 Å². The second-order valence-electron chi connectivity index (χ2n) is 15.3. The van der Waals surface area contributed by atoms with E-state index in [1.54, 1.807) is 4.90 Å². The summed E-state index contributed by atoms with van der Waals surface area (Å²) >= 11 is 0. The summed E-state index contributed by atoms with van der Waals surface area (Å²) in [6.07, 6.45) is 1.45. The van der Waals surface area contributed by atoms with Crippen LogP contribution in [0.4, 0.5) is 24.8 Å². The van der Waals surface area contributed by atoms with Crippen LogP contribution < -0.4 is 15.0 Å². The summed E-state index contributed by atoms with van der Waals surface area (Å²) in [4.78, 5) is 38.6. The van der Waals surface area contributed by atoms with E-state index in [0.717, 1.165) is 49.9 Å². The van der Waals surface area contributed by atoms with Crippen LogP contribution in [0.25, 0.3) is 0 Å². The van der Waals surface area contributed by atoms with Crippen LogP contribution in [0.15, 0.2) is 24.4 Å². The van der Waals surface area contributed by atoms with Gasteiger partial charge in [0.2, 0.25) is 5.95 Å². The Kier molecular flexibility index (Phi) is 8.82. The number of nitrogens with zero attached hydrogens (tertiary/aromatic N) is 4. The van der Waals surface area contributed by atoms with Gasteiger partial charge < -0.3 is 29.7 Å². The fraction of sp³-hybridized carbons (Fsp3) is 0.667. The van der Waals surface area contributed by atoms with E-state index in [-0.39, 0.29) is 36.2 Å². The standard InChI is InChI=1S/C36H46F3N5O5/c1-21(2)43-10-6-25(7-11-43)49-26-4-5-29-28(17-26)34(8-12-48-13-9-34)20-44(29)33-40-19-27(30(41-33)36(37,38)39)31(45)42-35(32(46)47)18-23-14-22(3)15-24(35)16-23/h4-5,17,19,21-25H,6-16,18,20H2,1-3H3,(H,42,45)(H,46,47). The minimum Gasteiger partial charge on any atom is -0.490 e. The number of carbonyl (C=O) groups excluding carboxylic acids is 1. The van der Waals surface area contributed by atoms with Gasteiger partial charge in [-0.2, -0.15) is 13.2 Å². The average Bonchev–Trinajstić information content (AvgIpc) is 3.50. The molecule has 4 unspecified atom stereocenters. The number of benzene rings is 1. The normalized spacial score (nSPS) is 28.6. The highest BCUT2D eigenvalue weighted by Gasteiger charge is 2.57. The molecule has 266 valence electrons. The Hall–Kier alpha value is -3.45. The molecule has 2 aliphatic carbocycles. The molecule has 4 atom stereocenters. The van der Waals surface area contributed by atoms with E-state index in [1.807, 2.05) is 25.1 Å². The maximum Gasteiger partial charge on any atom is 0.434 e. The maximum absolute atomic E-state index is 14.7. The van der Waals surface area contributed by atoms with Crippen LogP contribution in [0.3, 0.4) is 0 Å². The number of carboxylic acid groups (broad SMARTS) is 1. The van der Waals surface area contributed by atoms with Crippen molar-refractivity contribution in [3.8, 4) is 5.75 Å². The molecule has 1 aromatic heterocycles. The summed E-state index contributed by atoms with van der Waals surface area (Å²) in [5.74, 6) is -1.74. The molecule has 4 heterocycles. The van der Waals surface area contributed by atoms with Crippen LogP contribution in [0.2, 0.25) is 0 Å². The Bertz CT molecular complexity index is 1590. The molecule has 7 rings (SSSR count). The molecule has 4 fully saturated rings. The number of aliphatic carboxylic acids is 1. The van der Waals surface area contributed by atoms with Crippen molar-refractivity contribution in [1.29, 1.82) is 0 Å². The molecule has 49 heavy (non-hydrogen) atoms. The number of carbonyl (C=O) groups is 2. The number of hydrogen-bond acceptors (Lipinski definition) is 8. The van der Waals surface area contributed by atoms with E-state index in [1.165, 1.54) is 0 Å². The van der Waals surface area contributed by atoms with E-state index < -0.39 is 40.3 Å². The lowest BCUT2D eigenvalue weighted by Crippen LogP contribution is -2.57. The Morgan fingerprint density at radius 2 is 1.86 bits per heavy atom. The summed E-state index contributed by atoms with van der Waals surface area (Å²) in [6, 6.07) is 6.23. The van der Waals surface area contributed by atoms with Crippen molar-refractivity contribution in [3.63, 3.8) is 0 Å². The Morgan fingerprint density at radius 3 is 2.53 bits per heavy atom. The molecule has 0 radical (unpaired) electrons. The first-order chi connectivity index (χ1) is 23.3. The van der Waals surface area contributed by atoms with Crippen molar-refractivity contribution in [3.05, 3.63) is 41.2 Å². The van der Waals surface area contributed by atoms with Gasteiger partial charge in [-0.3, -0.25) is 4.79 Å². The number of alkyl halides is 3. The van der Waals surface area contributed by atoms with Gasteiger partial charge in [0, 0.05) is 56.2 Å². The molecule has 1 spiro atoms. The molecular formula is C36H46F3N5O5. The van der Waals surface area contributed by atoms with Crippen LogP contribution in [0, 0.1) is 17.8 Å². The number of fused-ring (bicyclic) bond motifs is 4. The van der Waals surface area contributed by atoms with Crippen LogP contribution in [-0.4, -0.2) is 82.4 Å². The number of nitrogens with one attached hydrogen (secondary N) is 1. The van der Waals surface area contributed by atoms with E-state index in [0.29, 0.717) is 57.2 Å². The smallest absolute Gasteiger partial charge is 0.434 e. The average molecular weight is 686 g/mol. The monoisotopic (exact) mass is 685 g/mol. The fourth-order valence-corrected chi connectivity index (χ4v) is 9.35. The Labute approximate surface area is 284 Å². The number of anilines is 2. The van der Waals surface area contributed by atoms with Gasteiger partial charge in [0.05, 0.1) is 5.56 Å². The van der Waals surface area contributed by atoms with Crippen molar-refractivity contribution >= 4 is 23.5 Å². The number of hydrogen-bond donors (Lipinski definition) is 2. The molecule has 10 nitrogen and oxygen atoms in total. The van der Waals surface area contributed by atoms with Gasteiger partial charge in [-0.1, -0.05) is 6.92 Å². The van der Waals surface area contributed by atoms with Gasteiger partial charge in [-0.25, -0.2) is 14.8 Å². The Morgan fingerprint density at radius 1 is 1.12 bits per heavy atom. The number of piperidine rings is 1. The number of rotatable bonds is 7. The highest BCUT2D eigenvalue weighted by Crippen LogP contribution is 2.52. The van der Waals surface area contributed by atoms with Crippen LogP contribution in [0.1, 0.15) is 93.8 Å². The summed E-state index contributed by atoms with van der Waals surface area (Å²) in [7, 11) is 0. The highest BCUT2D eigenvalue weighted by molar-refractivity contribution is 5.99. The first kappa shape index (κ1) is 34.0. The summed E-state index contributed by atoms with van der Waals surface area (Å²) in [5.41, 5.74) is -2.51. The largest absolute Gasteiger partial charge is 0.490 e. The molecule has 1 amide bonds. The number of likely N-dealkylation sites (tertiary alicyclic amines) is 1. The van der Waals surface area contributed by atoms with Gasteiger partial charge in [-0.15, -0.1) is 0 Å². The van der Waals surface area contributed by atoms with Crippen molar-refractivity contribution in [2.45, 2.75) is 101 Å². The SMILES string of the molecule is CC1CC2CC(C1)C(NC(=O)c1cnc(N3CC4(CCOCC4)c4cc(OC5CCN(C(C)C)CC5)ccc43)nc1C(F)(F)F)(C(=O)O)C2. The maximum atomic E-state index is 14.7. The first-order valence-corrected chi connectivity index (χ1v) is 17.7. The third-order valence-corrected chi connectivity index (χ3v) is 11.8. The number of amides is 1. The van der Waals surface area contributed by atoms with Gasteiger partial charge in [0.15, 0.2) is 5.69 Å². The number of halogens is 3. The number of carboxylic acids is 1. The molecule has 2 saturated heterocycles. The molecule has 2 bridgehead atoms. The summed E-state index contributed by atoms with van der Waals surface area (Å²) in [6.45, 7) is 9.75. The van der Waals surface area contributed by atoms with Gasteiger partial charge in [-0.05, 0) is 107 Å². The third kappa shape index (κ3) is 6.26. The lowest BCUT2D eigenvalue weighted by molar-refractivity contribution is -0.146. The van der Waals surface area contributed by atoms with Gasteiger partial charge in [0.25, 0.3) is 5.91 Å². The second kappa shape index (κ2) is 12.7. The van der Waals surface area contributed by atoms with Gasteiger partial charge >= 0.3 is 12.1 Å². The zero-order valence-corrected chi connectivity index (χ0v) is 28.4. The summed E-state index contributed by atoms with van der Waals surface area (Å²) < 4.78 is 56.1. The zero-order chi connectivity index (χ0) is 34.7. The summed E-state index contributed by atoms with van der Waals surface area (Å²) in [5, 5.41) is 12.8. The molecule has 3 aliphatic heterocycles. The molecule has 2 saturated carbocycles. The molecule has 1 aromatic carbocycles. The predicted molar refractivity (Wildman–Crippen MR) is 175 cm³/mol. The van der Waals surface area contributed by atoms with Crippen molar-refractivity contribution < 1.29 is 37.3 Å². The van der Waals surface area contributed by atoms with Crippen LogP contribution in [0.5, 0.6) is 5.75 Å². The zero-order valence-electron chi connectivity index (χ0n) is 28.4. The minimum atomic E-state index is -4.98. The van der Waals surface area contributed by atoms with E-state index in [2.05, 4.69) is 34.0 Å². The molecular weight excluding hydrogens is 639 g/mol. The highest BCUT2D eigenvalue weighted by atomic mass is 19.4. The number of ether oxygens (including phenoxy) is 2. The van der Waals surface area contributed by atoms with Crippen LogP contribution in [-0.2, 0) is 21.1 Å². The lowest BCUT2D eigenvalue weighted by atomic mass is 9.76. The molecule has 2 aromatic rings. The molecule has 2 N–H and O–H groups in total. The van der Waals surface area contributed by atoms with Gasteiger partial charge in [0.1, 0.15) is 17.4 Å². The van der Waals surface area contributed by atoms with Crippen molar-refractivity contribution in [2.24, 2.45) is 17.8 Å². The van der Waals surface area contributed by atoms with Crippen molar-refractivity contribution in [2.75, 3.05) is 37.7 Å². The fourth-order valence-electron chi connectivity index (χ4n) is 9.35. The third-order valence-electron chi connectivity index (χ3n) is 11.8. The molecule has 13 heteroatoms. The second-order valence-corrected chi connectivity index (χ2v) is 15.3. The van der Waals surface area contributed by atoms with Crippen molar-refractivity contribution in [1.82, 2.24) is 20.2 Å². The van der Waals surface area contributed by atoms with E-state index >= 15 is 0 Å². The molecule has 5 aliphatic rings. The quantitative estimate of drug-likeness (QED) is 0.365. The first-order valence-electron chi connectivity index (χ1n) is 17.7. The van der Waals surface area contributed by atoms with E-state index in [9.17, 15) is 27.9 Å². The number of aromatic nitrogens is 2. The minimum absolute atomic E-state index is 0.0833. The predicted octanol–water partition coefficient (Wildman–Crippen LogP) is 5.96. The van der Waals surface area contributed by atoms with Crippen LogP contribution >= 0.6 is 0 Å².